The van der Waals surface area contributed by atoms with Crippen LogP contribution in [-0.2, 0) is 91.7 Å². The van der Waals surface area contributed by atoms with E-state index in [2.05, 4.69) is 5.32 Å². The molecule has 2 aliphatic rings. The smallest absolute Gasteiger partial charge is 0.397 e. The van der Waals surface area contributed by atoms with Gasteiger partial charge in [-0.1, -0.05) is 91.0 Å². The third-order valence-electron chi connectivity index (χ3n) is 8.71. The Hall–Kier alpha value is -3.94. The predicted molar refractivity (Wildman–Crippen MR) is 193 cm³/mol. The highest BCUT2D eigenvalue weighted by Gasteiger charge is 2.57. The summed E-state index contributed by atoms with van der Waals surface area (Å²) in [7, 11) is -9.45. The van der Waals surface area contributed by atoms with Gasteiger partial charge in [-0.15, -0.1) is 0 Å². The van der Waals surface area contributed by atoms with Gasteiger partial charge in [0.25, 0.3) is 0 Å². The molecule has 10 atom stereocenters. The van der Waals surface area contributed by atoms with Crippen LogP contribution in [0.25, 0.3) is 0 Å². The van der Waals surface area contributed by atoms with Gasteiger partial charge in [0.1, 0.15) is 36.6 Å². The van der Waals surface area contributed by atoms with E-state index >= 15 is 0 Å². The second-order valence-corrected chi connectivity index (χ2v) is 15.0. The number of carboxylic acids is 1. The third kappa shape index (κ3) is 13.0. The summed E-state index contributed by atoms with van der Waals surface area (Å²) in [6.07, 6.45) is -15.9. The predicted octanol–water partition coefficient (Wildman–Crippen LogP) is 1.82. The number of ether oxygens (including phenoxy) is 7. The molecule has 3 aromatic rings. The van der Waals surface area contributed by atoms with Gasteiger partial charge >= 0.3 is 26.8 Å². The van der Waals surface area contributed by atoms with E-state index in [4.69, 9.17) is 41.5 Å². The molecule has 19 nitrogen and oxygen atoms in total. The SMILES string of the molecule is CO[C@@H]1O[C@@H](C(=O)O)[C@@H](O[C@@H]2O[C@H](COCc3ccccc3)[C@H](OS(=O)(=O)O)[C@H](OCc3ccccc3)[C@H]2NC(C)=O)[C@H](OCc2ccccc2)[C@H]1OS(=O)(=O)O. The van der Waals surface area contributed by atoms with E-state index in [-0.39, 0.29) is 19.8 Å². The molecular formula is C36H43NO18S2. The summed E-state index contributed by atoms with van der Waals surface area (Å²) in [5, 5.41) is 13.0. The molecule has 3 aromatic carbocycles. The first-order valence-electron chi connectivity index (χ1n) is 17.3. The number of carbonyl (C=O) groups excluding carboxylic acids is 1. The highest BCUT2D eigenvalue weighted by atomic mass is 32.3. The molecule has 2 heterocycles. The fourth-order valence-corrected chi connectivity index (χ4v) is 7.33. The van der Waals surface area contributed by atoms with E-state index in [1.54, 1.807) is 91.0 Å². The fourth-order valence-electron chi connectivity index (χ4n) is 6.33. The number of nitrogens with one attached hydrogen (secondary N) is 1. The van der Waals surface area contributed by atoms with Crippen molar-refractivity contribution in [1.29, 1.82) is 0 Å². The molecular weight excluding hydrogens is 799 g/mol. The lowest BCUT2D eigenvalue weighted by molar-refractivity contribution is -0.342. The van der Waals surface area contributed by atoms with Crippen LogP contribution in [0.3, 0.4) is 0 Å². The number of benzene rings is 3. The largest absolute Gasteiger partial charge is 0.479 e. The first kappa shape index (κ1) is 44.2. The van der Waals surface area contributed by atoms with E-state index in [0.717, 1.165) is 19.6 Å². The first-order chi connectivity index (χ1) is 27.1. The number of amides is 1. The lowest BCUT2D eigenvalue weighted by Crippen LogP contribution is -2.69. The van der Waals surface area contributed by atoms with Crippen molar-refractivity contribution in [2.75, 3.05) is 13.7 Å². The average Bonchev–Trinajstić information content (AvgIpc) is 3.15. The Morgan fingerprint density at radius 2 is 1.16 bits per heavy atom. The molecule has 0 bridgehead atoms. The number of rotatable bonds is 19. The highest BCUT2D eigenvalue weighted by molar-refractivity contribution is 7.81. The van der Waals surface area contributed by atoms with Gasteiger partial charge in [-0.05, 0) is 16.7 Å². The van der Waals surface area contributed by atoms with E-state index in [1.165, 1.54) is 0 Å². The molecule has 0 radical (unpaired) electrons. The van der Waals surface area contributed by atoms with Crippen molar-refractivity contribution in [2.24, 2.45) is 0 Å². The summed E-state index contributed by atoms with van der Waals surface area (Å²) in [6.45, 7) is 0.196. The Kier molecular flexibility index (Phi) is 15.6. The zero-order chi connectivity index (χ0) is 41.2. The molecule has 2 fully saturated rings. The zero-order valence-corrected chi connectivity index (χ0v) is 32.2. The van der Waals surface area contributed by atoms with Crippen LogP contribution in [0.15, 0.2) is 91.0 Å². The molecule has 21 heteroatoms. The van der Waals surface area contributed by atoms with Gasteiger partial charge in [-0.25, -0.2) is 13.2 Å². The van der Waals surface area contributed by atoms with Crippen LogP contribution in [0.1, 0.15) is 23.6 Å². The number of aliphatic carboxylic acids is 1. The summed E-state index contributed by atoms with van der Waals surface area (Å²) in [4.78, 5) is 25.6. The maximum absolute atomic E-state index is 12.8. The van der Waals surface area contributed by atoms with Gasteiger partial charge in [0, 0.05) is 14.0 Å². The first-order valence-corrected chi connectivity index (χ1v) is 20.1. The molecule has 2 saturated heterocycles. The van der Waals surface area contributed by atoms with Gasteiger partial charge in [0.2, 0.25) is 5.91 Å². The summed E-state index contributed by atoms with van der Waals surface area (Å²) in [5.74, 6) is -2.35. The minimum Gasteiger partial charge on any atom is -0.479 e. The van der Waals surface area contributed by atoms with E-state index < -0.39 is 101 Å². The van der Waals surface area contributed by atoms with Gasteiger partial charge < -0.3 is 43.6 Å². The Morgan fingerprint density at radius 1 is 0.667 bits per heavy atom. The van der Waals surface area contributed by atoms with Crippen molar-refractivity contribution in [2.45, 2.75) is 88.1 Å². The van der Waals surface area contributed by atoms with E-state index in [0.29, 0.717) is 11.1 Å². The standard InChI is InChI=1S/C36H43NO18S2/c1-22(38)37-27-29(49-19-24-14-8-4-9-15-24)28(54-56(41,42)43)26(21-48-18-23-12-6-3-7-13-23)51-35(27)52-31-30(50-20-25-16-10-5-11-17-25)33(55-57(44,45)46)36(47-2)53-32(31)34(39)40/h3-17,26-33,35-36H,18-21H2,1-2H3,(H,37,38)(H,39,40)(H,41,42,43)(H,44,45,46)/t26-,27-,28+,29-,30+,31+,32-,33-,35+,36-/m1/s1. The van der Waals surface area contributed by atoms with Crippen molar-refractivity contribution in [1.82, 2.24) is 5.32 Å². The van der Waals surface area contributed by atoms with Crippen LogP contribution in [0, 0.1) is 0 Å². The van der Waals surface area contributed by atoms with Gasteiger partial charge in [-0.2, -0.15) is 16.8 Å². The zero-order valence-electron chi connectivity index (χ0n) is 30.5. The van der Waals surface area contributed by atoms with Crippen molar-refractivity contribution in [3.05, 3.63) is 108 Å². The summed E-state index contributed by atoms with van der Waals surface area (Å²) in [6, 6.07) is 24.3. The number of carboxylic acid groups (broad SMARTS) is 1. The van der Waals surface area contributed by atoms with Crippen LogP contribution in [0.5, 0.6) is 0 Å². The number of hydrogen-bond acceptors (Lipinski definition) is 15. The van der Waals surface area contributed by atoms with Crippen molar-refractivity contribution in [3.8, 4) is 0 Å². The average molecular weight is 842 g/mol. The Balaban J connectivity index is 1.58. The maximum Gasteiger partial charge on any atom is 0.397 e. The quantitative estimate of drug-likeness (QED) is 0.126. The lowest BCUT2D eigenvalue weighted by Gasteiger charge is -2.49. The molecule has 0 saturated carbocycles. The molecule has 57 heavy (non-hydrogen) atoms. The minimum atomic E-state index is -5.28. The minimum absolute atomic E-state index is 0.00447. The normalized spacial score (nSPS) is 28.1. The molecule has 0 spiro atoms. The second kappa shape index (κ2) is 20.2. The number of carbonyl (C=O) groups is 2. The highest BCUT2D eigenvalue weighted by Crippen LogP contribution is 2.35. The number of methoxy groups -OCH3 is 1. The molecule has 5 rings (SSSR count). The van der Waals surface area contributed by atoms with Crippen LogP contribution in [0.4, 0.5) is 0 Å². The summed E-state index contributed by atoms with van der Waals surface area (Å²) in [5.41, 5.74) is 1.87. The summed E-state index contributed by atoms with van der Waals surface area (Å²) >= 11 is 0. The third-order valence-corrected chi connectivity index (χ3v) is 9.64. The molecule has 1 amide bonds. The van der Waals surface area contributed by atoms with Crippen LogP contribution < -0.4 is 5.32 Å². The Labute approximate surface area is 328 Å². The van der Waals surface area contributed by atoms with Crippen LogP contribution >= 0.6 is 0 Å². The number of hydrogen-bond donors (Lipinski definition) is 4. The molecule has 0 unspecified atom stereocenters. The van der Waals surface area contributed by atoms with Crippen LogP contribution in [-0.4, -0.2) is 118 Å². The van der Waals surface area contributed by atoms with Crippen molar-refractivity contribution in [3.63, 3.8) is 0 Å². The van der Waals surface area contributed by atoms with E-state index in [1.807, 2.05) is 0 Å². The molecule has 312 valence electrons. The maximum atomic E-state index is 12.8. The van der Waals surface area contributed by atoms with Crippen molar-refractivity contribution < 1.29 is 82.2 Å². The van der Waals surface area contributed by atoms with E-state index in [9.17, 15) is 40.6 Å². The second-order valence-electron chi connectivity index (χ2n) is 12.9. The Morgan fingerprint density at radius 3 is 1.63 bits per heavy atom. The van der Waals surface area contributed by atoms with Gasteiger partial charge in [0.15, 0.2) is 24.8 Å². The van der Waals surface area contributed by atoms with Gasteiger partial charge in [0.05, 0.1) is 26.4 Å². The molecule has 0 aliphatic carbocycles. The van der Waals surface area contributed by atoms with Gasteiger partial charge in [-0.3, -0.25) is 13.9 Å². The van der Waals surface area contributed by atoms with Crippen molar-refractivity contribution >= 4 is 32.7 Å². The van der Waals surface area contributed by atoms with Crippen LogP contribution in [0.2, 0.25) is 0 Å². The fraction of sp³-hybridized carbons (Fsp3) is 0.444. The lowest BCUT2D eigenvalue weighted by atomic mass is 9.94. The summed E-state index contributed by atoms with van der Waals surface area (Å²) < 4.78 is 120. The monoisotopic (exact) mass is 841 g/mol. The molecule has 0 aromatic heterocycles. The topological polar surface area (TPSA) is 258 Å². The Bertz CT molecular complexity index is 1960. The molecule has 2 aliphatic heterocycles. The molecule has 4 N–H and O–H groups in total.